The second-order valence-electron chi connectivity index (χ2n) is 11.3. The first-order valence-corrected chi connectivity index (χ1v) is 12.9. The molecule has 1 N–H and O–H groups in total. The molecule has 10 heteroatoms. The highest BCUT2D eigenvalue weighted by atomic mass is 19.2. The number of aromatic nitrogens is 3. The van der Waals surface area contributed by atoms with Crippen LogP contribution in [0.15, 0.2) is 72.4 Å². The van der Waals surface area contributed by atoms with E-state index in [-0.39, 0.29) is 12.3 Å². The van der Waals surface area contributed by atoms with Crippen LogP contribution in [-0.4, -0.2) is 68.5 Å². The van der Waals surface area contributed by atoms with Crippen LogP contribution >= 0.6 is 0 Å². The molecule has 2 saturated heterocycles. The van der Waals surface area contributed by atoms with Gasteiger partial charge in [0.2, 0.25) is 0 Å². The zero-order valence-corrected chi connectivity index (χ0v) is 21.9. The fraction of sp³-hybridized carbons (Fsp3) is 0.345. The first-order valence-electron chi connectivity index (χ1n) is 12.9. The summed E-state index contributed by atoms with van der Waals surface area (Å²) in [7, 11) is 0. The number of pyridine rings is 2. The van der Waals surface area contributed by atoms with Crippen LogP contribution in [0.4, 0.5) is 14.5 Å². The lowest BCUT2D eigenvalue weighted by Gasteiger charge is -2.61. The number of anilines is 1. The van der Waals surface area contributed by atoms with Gasteiger partial charge < -0.3 is 19.2 Å². The SMILES string of the molecule is CC(C)(O)CON=C(c1ccc(F)c(F)c1)c1ccc(CN2CC3(C2)CN(c2ccn4ccnc4c2)C3)cn1. The summed E-state index contributed by atoms with van der Waals surface area (Å²) in [6, 6.07) is 11.6. The van der Waals surface area contributed by atoms with Crippen LogP contribution in [-0.2, 0) is 11.4 Å². The molecule has 0 unspecified atom stereocenters. The van der Waals surface area contributed by atoms with E-state index in [1.54, 1.807) is 26.1 Å². The molecular weight excluding hydrogens is 502 g/mol. The predicted molar refractivity (Wildman–Crippen MR) is 144 cm³/mol. The van der Waals surface area contributed by atoms with Crippen molar-refractivity contribution in [3.8, 4) is 0 Å². The molecule has 202 valence electrons. The summed E-state index contributed by atoms with van der Waals surface area (Å²) in [5, 5.41) is 14.0. The minimum Gasteiger partial charge on any atom is -0.392 e. The topological polar surface area (TPSA) is 78.5 Å². The van der Waals surface area contributed by atoms with E-state index in [1.165, 1.54) is 11.8 Å². The van der Waals surface area contributed by atoms with Crippen molar-refractivity contribution in [2.24, 2.45) is 10.6 Å². The molecule has 3 aromatic heterocycles. The van der Waals surface area contributed by atoms with Crippen molar-refractivity contribution in [1.82, 2.24) is 19.3 Å². The van der Waals surface area contributed by atoms with Gasteiger partial charge in [-0.2, -0.15) is 0 Å². The lowest BCUT2D eigenvalue weighted by atomic mass is 9.72. The van der Waals surface area contributed by atoms with Gasteiger partial charge in [0.05, 0.1) is 11.3 Å². The molecular formula is C29H30F2N6O2. The Morgan fingerprint density at radius 3 is 2.56 bits per heavy atom. The van der Waals surface area contributed by atoms with Gasteiger partial charge in [-0.05, 0) is 49.7 Å². The maximum atomic E-state index is 13.9. The Morgan fingerprint density at radius 2 is 1.85 bits per heavy atom. The fourth-order valence-corrected chi connectivity index (χ4v) is 5.32. The number of hydrogen-bond donors (Lipinski definition) is 1. The number of fused-ring (bicyclic) bond motifs is 1. The summed E-state index contributed by atoms with van der Waals surface area (Å²) >= 11 is 0. The number of imidazole rings is 1. The van der Waals surface area contributed by atoms with Gasteiger partial charge >= 0.3 is 0 Å². The number of hydrogen-bond acceptors (Lipinski definition) is 7. The van der Waals surface area contributed by atoms with Crippen molar-refractivity contribution in [2.75, 3.05) is 37.7 Å². The lowest BCUT2D eigenvalue weighted by molar-refractivity contribution is -0.0273. The third-order valence-electron chi connectivity index (χ3n) is 7.16. The molecule has 6 rings (SSSR count). The van der Waals surface area contributed by atoms with Crippen LogP contribution in [0.1, 0.15) is 30.7 Å². The molecule has 5 heterocycles. The van der Waals surface area contributed by atoms with E-state index < -0.39 is 17.2 Å². The van der Waals surface area contributed by atoms with Crippen LogP contribution in [0, 0.1) is 17.0 Å². The first-order chi connectivity index (χ1) is 18.7. The molecule has 1 aromatic carbocycles. The highest BCUT2D eigenvalue weighted by molar-refractivity contribution is 6.11. The number of oxime groups is 1. The number of nitrogens with zero attached hydrogens (tertiary/aromatic N) is 6. The second kappa shape index (κ2) is 9.69. The van der Waals surface area contributed by atoms with Gasteiger partial charge in [0.15, 0.2) is 11.6 Å². The van der Waals surface area contributed by atoms with Gasteiger partial charge in [-0.1, -0.05) is 11.2 Å². The number of benzene rings is 1. The number of aliphatic hydroxyl groups is 1. The second-order valence-corrected chi connectivity index (χ2v) is 11.3. The first kappa shape index (κ1) is 25.4. The molecule has 4 aromatic rings. The summed E-state index contributed by atoms with van der Waals surface area (Å²) in [6.45, 7) is 8.03. The molecule has 39 heavy (non-hydrogen) atoms. The standard InChI is InChI=1S/C29H30F2N6O2/c1-28(2,38)19-39-34-27(21-4-5-23(30)24(31)11-21)25-6-3-20(13-33-25)14-35-15-29(16-35)17-37(18-29)22-7-9-36-10-8-32-26(36)12-22/h3-13,38H,14-19H2,1-2H3. The van der Waals surface area contributed by atoms with Crippen LogP contribution in [0.25, 0.3) is 5.65 Å². The van der Waals surface area contributed by atoms with Crippen LogP contribution in [0.5, 0.6) is 0 Å². The third kappa shape index (κ3) is 5.35. The minimum atomic E-state index is -1.10. The summed E-state index contributed by atoms with van der Waals surface area (Å²) in [5.41, 5.74) is 3.51. The molecule has 2 aliphatic heterocycles. The molecule has 0 bridgehead atoms. The fourth-order valence-electron chi connectivity index (χ4n) is 5.32. The Labute approximate surface area is 225 Å². The van der Waals surface area contributed by atoms with Crippen LogP contribution < -0.4 is 4.90 Å². The van der Waals surface area contributed by atoms with E-state index in [0.29, 0.717) is 16.7 Å². The number of halogens is 2. The lowest BCUT2D eigenvalue weighted by Crippen LogP contribution is -2.71. The van der Waals surface area contributed by atoms with Crippen molar-refractivity contribution in [3.63, 3.8) is 0 Å². The van der Waals surface area contributed by atoms with E-state index in [4.69, 9.17) is 4.84 Å². The molecule has 0 aliphatic carbocycles. The highest BCUT2D eigenvalue weighted by Gasteiger charge is 2.51. The Hall–Kier alpha value is -3.89. The number of likely N-dealkylation sites (tertiary alicyclic amines) is 1. The third-order valence-corrected chi connectivity index (χ3v) is 7.16. The van der Waals surface area contributed by atoms with Gasteiger partial charge in [-0.3, -0.25) is 9.88 Å². The summed E-state index contributed by atoms with van der Waals surface area (Å²) in [5.74, 6) is -1.93. The minimum absolute atomic E-state index is 0.0651. The van der Waals surface area contributed by atoms with E-state index in [1.807, 2.05) is 22.9 Å². The van der Waals surface area contributed by atoms with Crippen LogP contribution in [0.2, 0.25) is 0 Å². The van der Waals surface area contributed by atoms with Gasteiger partial charge in [-0.25, -0.2) is 13.8 Å². The normalized spacial score (nSPS) is 17.4. The molecule has 2 aliphatic rings. The zero-order chi connectivity index (χ0) is 27.2. The Bertz CT molecular complexity index is 1520. The van der Waals surface area contributed by atoms with Crippen molar-refractivity contribution in [1.29, 1.82) is 0 Å². The van der Waals surface area contributed by atoms with Crippen molar-refractivity contribution >= 4 is 17.0 Å². The molecule has 2 fully saturated rings. The van der Waals surface area contributed by atoms with E-state index in [0.717, 1.165) is 56.1 Å². The van der Waals surface area contributed by atoms with Crippen molar-refractivity contribution in [3.05, 3.63) is 95.7 Å². The Kier molecular flexibility index (Phi) is 6.31. The monoisotopic (exact) mass is 532 g/mol. The summed E-state index contributed by atoms with van der Waals surface area (Å²) in [4.78, 5) is 19.1. The Balaban J connectivity index is 1.08. The maximum absolute atomic E-state index is 13.9. The predicted octanol–water partition coefficient (Wildman–Crippen LogP) is 3.87. The largest absolute Gasteiger partial charge is 0.392 e. The van der Waals surface area contributed by atoms with Crippen molar-refractivity contribution < 1.29 is 18.7 Å². The molecule has 0 amide bonds. The average molecular weight is 533 g/mol. The average Bonchev–Trinajstić information content (AvgIpc) is 3.32. The van der Waals surface area contributed by atoms with Gasteiger partial charge in [-0.15, -0.1) is 0 Å². The van der Waals surface area contributed by atoms with Gasteiger partial charge in [0.1, 0.15) is 18.0 Å². The van der Waals surface area contributed by atoms with Gasteiger partial charge in [0.25, 0.3) is 0 Å². The summed E-state index contributed by atoms with van der Waals surface area (Å²) < 4.78 is 29.5. The zero-order valence-electron chi connectivity index (χ0n) is 21.9. The maximum Gasteiger partial charge on any atom is 0.159 e. The Morgan fingerprint density at radius 1 is 1.03 bits per heavy atom. The molecule has 1 spiro atoms. The quantitative estimate of drug-likeness (QED) is 0.274. The molecule has 0 atom stereocenters. The number of rotatable bonds is 8. The van der Waals surface area contributed by atoms with Gasteiger partial charge in [0, 0.05) is 80.2 Å². The molecule has 0 saturated carbocycles. The summed E-state index contributed by atoms with van der Waals surface area (Å²) in [6.07, 6.45) is 7.58. The van der Waals surface area contributed by atoms with Crippen molar-refractivity contribution in [2.45, 2.75) is 26.0 Å². The van der Waals surface area contributed by atoms with Crippen LogP contribution in [0.3, 0.4) is 0 Å². The molecule has 8 nitrogen and oxygen atoms in total. The highest BCUT2D eigenvalue weighted by Crippen LogP contribution is 2.42. The molecule has 0 radical (unpaired) electrons. The van der Waals surface area contributed by atoms with E-state index in [9.17, 15) is 13.9 Å². The smallest absolute Gasteiger partial charge is 0.159 e. The van der Waals surface area contributed by atoms with E-state index >= 15 is 0 Å². The van der Waals surface area contributed by atoms with E-state index in [2.05, 4.69) is 43.3 Å².